The lowest BCUT2D eigenvalue weighted by Gasteiger charge is -2.14. The van der Waals surface area contributed by atoms with Crippen LogP contribution in [0.1, 0.15) is 12.2 Å². The van der Waals surface area contributed by atoms with E-state index in [0.717, 1.165) is 24.4 Å². The number of benzene rings is 1. The predicted molar refractivity (Wildman–Crippen MR) is 106 cm³/mol. The zero-order valence-electron chi connectivity index (χ0n) is 16.0. The first-order valence-corrected chi connectivity index (χ1v) is 9.07. The van der Waals surface area contributed by atoms with Crippen LogP contribution in [0.5, 0.6) is 5.75 Å². The normalized spacial score (nSPS) is 11.1. The zero-order chi connectivity index (χ0) is 19.3. The Morgan fingerprint density at radius 1 is 1.11 bits per heavy atom. The molecule has 0 fully saturated rings. The number of nitrogens with one attached hydrogen (secondary N) is 2. The van der Waals surface area contributed by atoms with Crippen molar-refractivity contribution in [1.29, 1.82) is 0 Å². The highest BCUT2D eigenvalue weighted by molar-refractivity contribution is 5.84. The number of hydrogen-bond donors (Lipinski definition) is 2. The van der Waals surface area contributed by atoms with E-state index in [1.807, 2.05) is 42.5 Å². The average Bonchev–Trinajstić information content (AvgIpc) is 3.19. The molecule has 1 amide bonds. The SMILES string of the molecule is CN(C)C(=O)CN=C(NCCCOc1ccccc1)NCCc1ccco1. The van der Waals surface area contributed by atoms with Crippen molar-refractivity contribution >= 4 is 11.9 Å². The van der Waals surface area contributed by atoms with E-state index in [0.29, 0.717) is 25.7 Å². The Labute approximate surface area is 160 Å². The van der Waals surface area contributed by atoms with E-state index >= 15 is 0 Å². The lowest BCUT2D eigenvalue weighted by Crippen LogP contribution is -2.40. The Bertz CT molecular complexity index is 685. The largest absolute Gasteiger partial charge is 0.494 e. The first kappa shape index (κ1) is 20.4. The second-order valence-electron chi connectivity index (χ2n) is 6.15. The van der Waals surface area contributed by atoms with Crippen LogP contribution in [-0.4, -0.2) is 57.1 Å². The first-order valence-electron chi connectivity index (χ1n) is 9.07. The second kappa shape index (κ2) is 11.6. The van der Waals surface area contributed by atoms with Gasteiger partial charge in [0.1, 0.15) is 18.1 Å². The van der Waals surface area contributed by atoms with Crippen molar-refractivity contribution in [1.82, 2.24) is 15.5 Å². The zero-order valence-corrected chi connectivity index (χ0v) is 16.0. The maximum Gasteiger partial charge on any atom is 0.243 e. The van der Waals surface area contributed by atoms with Gasteiger partial charge in [-0.05, 0) is 30.7 Å². The highest BCUT2D eigenvalue weighted by Gasteiger charge is 2.05. The predicted octanol–water partition coefficient (Wildman–Crippen LogP) is 1.91. The van der Waals surface area contributed by atoms with Crippen molar-refractivity contribution in [3.8, 4) is 5.75 Å². The van der Waals surface area contributed by atoms with Crippen molar-refractivity contribution in [3.05, 3.63) is 54.5 Å². The summed E-state index contributed by atoms with van der Waals surface area (Å²) in [4.78, 5) is 17.6. The summed E-state index contributed by atoms with van der Waals surface area (Å²) in [6, 6.07) is 13.5. The van der Waals surface area contributed by atoms with Crippen LogP contribution in [-0.2, 0) is 11.2 Å². The Hall–Kier alpha value is -2.96. The third-order valence-corrected chi connectivity index (χ3v) is 3.74. The summed E-state index contributed by atoms with van der Waals surface area (Å²) in [6.07, 6.45) is 3.22. The Morgan fingerprint density at radius 3 is 2.59 bits per heavy atom. The highest BCUT2D eigenvalue weighted by atomic mass is 16.5. The van der Waals surface area contributed by atoms with Crippen LogP contribution in [0.3, 0.4) is 0 Å². The van der Waals surface area contributed by atoms with Gasteiger partial charge >= 0.3 is 0 Å². The minimum atomic E-state index is -0.0467. The maximum atomic E-state index is 11.8. The minimum absolute atomic E-state index is 0.0467. The molecule has 146 valence electrons. The number of furan rings is 1. The molecule has 2 rings (SSSR count). The third-order valence-electron chi connectivity index (χ3n) is 3.74. The fourth-order valence-corrected chi connectivity index (χ4v) is 2.21. The number of nitrogens with zero attached hydrogens (tertiary/aromatic N) is 2. The molecular formula is C20H28N4O3. The Kier molecular flexibility index (Phi) is 8.76. The molecule has 1 heterocycles. The van der Waals surface area contributed by atoms with E-state index in [9.17, 15) is 4.79 Å². The van der Waals surface area contributed by atoms with Gasteiger partial charge in [0, 0.05) is 33.6 Å². The average molecular weight is 372 g/mol. The smallest absolute Gasteiger partial charge is 0.243 e. The van der Waals surface area contributed by atoms with E-state index < -0.39 is 0 Å². The number of hydrogen-bond acceptors (Lipinski definition) is 4. The van der Waals surface area contributed by atoms with Gasteiger partial charge in [-0.1, -0.05) is 18.2 Å². The van der Waals surface area contributed by atoms with Gasteiger partial charge in [0.25, 0.3) is 0 Å². The van der Waals surface area contributed by atoms with E-state index in [1.165, 1.54) is 4.90 Å². The Balaban J connectivity index is 1.74. The molecule has 0 atom stereocenters. The lowest BCUT2D eigenvalue weighted by molar-refractivity contribution is -0.127. The Morgan fingerprint density at radius 2 is 1.89 bits per heavy atom. The van der Waals surface area contributed by atoms with Crippen molar-refractivity contribution < 1.29 is 13.9 Å². The molecule has 7 heteroatoms. The van der Waals surface area contributed by atoms with Crippen molar-refractivity contribution in [2.24, 2.45) is 4.99 Å². The fraction of sp³-hybridized carbons (Fsp3) is 0.400. The fourth-order valence-electron chi connectivity index (χ4n) is 2.21. The van der Waals surface area contributed by atoms with E-state index in [4.69, 9.17) is 9.15 Å². The van der Waals surface area contributed by atoms with Gasteiger partial charge < -0.3 is 24.7 Å². The van der Waals surface area contributed by atoms with Crippen molar-refractivity contribution in [2.45, 2.75) is 12.8 Å². The molecular weight excluding hydrogens is 344 g/mol. The van der Waals surface area contributed by atoms with Gasteiger partial charge in [0.15, 0.2) is 5.96 Å². The highest BCUT2D eigenvalue weighted by Crippen LogP contribution is 2.08. The van der Waals surface area contributed by atoms with Gasteiger partial charge in [-0.15, -0.1) is 0 Å². The topological polar surface area (TPSA) is 79.1 Å². The number of para-hydroxylation sites is 1. The van der Waals surface area contributed by atoms with Gasteiger partial charge in [0.05, 0.1) is 12.9 Å². The van der Waals surface area contributed by atoms with Crippen LogP contribution in [0.2, 0.25) is 0 Å². The summed E-state index contributed by atoms with van der Waals surface area (Å²) in [6.45, 7) is 2.06. The molecule has 0 saturated heterocycles. The van der Waals surface area contributed by atoms with Crippen LogP contribution in [0.4, 0.5) is 0 Å². The number of guanidine groups is 1. The summed E-state index contributed by atoms with van der Waals surface area (Å²) < 4.78 is 11.0. The molecule has 0 spiro atoms. The molecule has 27 heavy (non-hydrogen) atoms. The molecule has 1 aromatic heterocycles. The molecule has 1 aromatic carbocycles. The van der Waals surface area contributed by atoms with Crippen LogP contribution >= 0.6 is 0 Å². The molecule has 7 nitrogen and oxygen atoms in total. The van der Waals surface area contributed by atoms with Crippen LogP contribution in [0.15, 0.2) is 58.1 Å². The number of rotatable bonds is 10. The maximum absolute atomic E-state index is 11.8. The van der Waals surface area contributed by atoms with E-state index in [1.54, 1.807) is 20.4 Å². The van der Waals surface area contributed by atoms with E-state index in [-0.39, 0.29) is 12.5 Å². The number of likely N-dealkylation sites (N-methyl/N-ethyl adjacent to an activating group) is 1. The number of carbonyl (C=O) groups excluding carboxylic acids is 1. The first-order chi connectivity index (χ1) is 13.1. The standard InChI is InChI=1S/C20H28N4O3/c1-24(2)19(25)16-23-20(22-13-11-18-10-6-14-26-18)21-12-7-15-27-17-8-4-3-5-9-17/h3-6,8-10,14H,7,11-13,15-16H2,1-2H3,(H2,21,22,23). The molecule has 2 N–H and O–H groups in total. The van der Waals surface area contributed by atoms with Crippen LogP contribution in [0, 0.1) is 0 Å². The molecule has 0 saturated carbocycles. The van der Waals surface area contributed by atoms with Crippen molar-refractivity contribution in [2.75, 3.05) is 40.3 Å². The number of aliphatic imine (C=N–C) groups is 1. The monoisotopic (exact) mass is 372 g/mol. The van der Waals surface area contributed by atoms with Gasteiger partial charge in [-0.25, -0.2) is 4.99 Å². The van der Waals surface area contributed by atoms with Gasteiger partial charge in [-0.3, -0.25) is 4.79 Å². The molecule has 0 aliphatic heterocycles. The lowest BCUT2D eigenvalue weighted by atomic mass is 10.3. The number of amides is 1. The van der Waals surface area contributed by atoms with Crippen LogP contribution < -0.4 is 15.4 Å². The summed E-state index contributed by atoms with van der Waals surface area (Å²) in [5.74, 6) is 2.33. The molecule has 0 unspecified atom stereocenters. The van der Waals surface area contributed by atoms with Crippen molar-refractivity contribution in [3.63, 3.8) is 0 Å². The van der Waals surface area contributed by atoms with Gasteiger partial charge in [-0.2, -0.15) is 0 Å². The number of carbonyl (C=O) groups is 1. The van der Waals surface area contributed by atoms with E-state index in [2.05, 4.69) is 15.6 Å². The van der Waals surface area contributed by atoms with Crippen LogP contribution in [0.25, 0.3) is 0 Å². The molecule has 0 aliphatic carbocycles. The van der Waals surface area contributed by atoms with Gasteiger partial charge in [0.2, 0.25) is 5.91 Å². The third kappa shape index (κ3) is 8.31. The molecule has 0 bridgehead atoms. The summed E-state index contributed by atoms with van der Waals surface area (Å²) in [7, 11) is 3.44. The summed E-state index contributed by atoms with van der Waals surface area (Å²) >= 11 is 0. The minimum Gasteiger partial charge on any atom is -0.494 e. The summed E-state index contributed by atoms with van der Waals surface area (Å²) in [5.41, 5.74) is 0. The second-order valence-corrected chi connectivity index (χ2v) is 6.15. The molecule has 0 radical (unpaired) electrons. The summed E-state index contributed by atoms with van der Waals surface area (Å²) in [5, 5.41) is 6.47. The molecule has 2 aromatic rings. The molecule has 0 aliphatic rings. The quantitative estimate of drug-likeness (QED) is 0.378. The number of ether oxygens (including phenoxy) is 1.